The molecule has 0 bridgehead atoms. The molecular weight excluding hydrogens is 276 g/mol. The van der Waals surface area contributed by atoms with E-state index in [0.717, 1.165) is 16.9 Å². The Morgan fingerprint density at radius 3 is 2.27 bits per heavy atom. The summed E-state index contributed by atoms with van der Waals surface area (Å²) in [6.45, 7) is 14.1. The van der Waals surface area contributed by atoms with Crippen molar-refractivity contribution in [3.63, 3.8) is 0 Å². The third-order valence-electron chi connectivity index (χ3n) is 4.67. The molecule has 1 heterocycles. The van der Waals surface area contributed by atoms with Crippen molar-refractivity contribution in [2.45, 2.75) is 72.2 Å². The van der Waals surface area contributed by atoms with E-state index in [4.69, 9.17) is 4.74 Å². The maximum Gasteiger partial charge on any atom is 0.130 e. The van der Waals surface area contributed by atoms with Gasteiger partial charge in [0.25, 0.3) is 0 Å². The summed E-state index contributed by atoms with van der Waals surface area (Å²) in [5.41, 5.74) is 1.05. The van der Waals surface area contributed by atoms with Crippen LogP contribution in [0.5, 0.6) is 5.75 Å². The molecule has 3 heteroatoms. The minimum absolute atomic E-state index is 0.00543. The first kappa shape index (κ1) is 17.3. The third-order valence-corrected chi connectivity index (χ3v) is 4.67. The summed E-state index contributed by atoms with van der Waals surface area (Å²) in [6.07, 6.45) is -1.11. The number of hydrogen-bond acceptors (Lipinski definition) is 3. The molecule has 1 aromatic rings. The fourth-order valence-electron chi connectivity index (χ4n) is 3.26. The third kappa shape index (κ3) is 3.02. The van der Waals surface area contributed by atoms with Gasteiger partial charge in [-0.05, 0) is 42.9 Å². The van der Waals surface area contributed by atoms with E-state index in [1.165, 1.54) is 0 Å². The highest BCUT2D eigenvalue weighted by atomic mass is 16.5. The van der Waals surface area contributed by atoms with Crippen LogP contribution in [-0.4, -0.2) is 21.9 Å². The molecule has 1 unspecified atom stereocenters. The fourth-order valence-corrected chi connectivity index (χ4v) is 3.26. The first-order chi connectivity index (χ1) is 9.95. The Balaban J connectivity index is 2.52. The van der Waals surface area contributed by atoms with Crippen LogP contribution in [0.15, 0.2) is 18.2 Å². The molecule has 0 aromatic heterocycles. The van der Waals surface area contributed by atoms with E-state index >= 15 is 0 Å². The maximum atomic E-state index is 10.7. The van der Waals surface area contributed by atoms with Gasteiger partial charge in [-0.15, -0.1) is 0 Å². The molecule has 124 valence electrons. The van der Waals surface area contributed by atoms with Gasteiger partial charge in [0.1, 0.15) is 17.5 Å². The summed E-state index contributed by atoms with van der Waals surface area (Å²) < 4.78 is 6.00. The van der Waals surface area contributed by atoms with Gasteiger partial charge in [-0.25, -0.2) is 0 Å². The minimum Gasteiger partial charge on any atom is -0.485 e. The Labute approximate surface area is 134 Å². The number of hydrogen-bond donors (Lipinski definition) is 2. The lowest BCUT2D eigenvalue weighted by molar-refractivity contribution is -0.0665. The van der Waals surface area contributed by atoms with Crippen LogP contribution in [0.1, 0.15) is 71.6 Å². The van der Waals surface area contributed by atoms with Crippen molar-refractivity contribution < 1.29 is 14.9 Å². The lowest BCUT2D eigenvalue weighted by atomic mass is 9.74. The molecule has 0 aliphatic carbocycles. The van der Waals surface area contributed by atoms with E-state index in [0.29, 0.717) is 5.92 Å². The average Bonchev–Trinajstić information content (AvgIpc) is 2.37. The lowest BCUT2D eigenvalue weighted by Gasteiger charge is -2.44. The van der Waals surface area contributed by atoms with Crippen molar-refractivity contribution >= 4 is 0 Å². The van der Waals surface area contributed by atoms with Gasteiger partial charge in [-0.1, -0.05) is 40.7 Å². The molecule has 0 saturated carbocycles. The first-order valence-corrected chi connectivity index (χ1v) is 8.14. The van der Waals surface area contributed by atoms with E-state index in [1.54, 1.807) is 0 Å². The molecule has 22 heavy (non-hydrogen) atoms. The van der Waals surface area contributed by atoms with Crippen LogP contribution in [0, 0.1) is 11.3 Å². The summed E-state index contributed by atoms with van der Waals surface area (Å²) in [5, 5.41) is 21.3. The van der Waals surface area contributed by atoms with Crippen LogP contribution in [0.25, 0.3) is 0 Å². The monoisotopic (exact) mass is 306 g/mol. The molecule has 0 fully saturated rings. The second-order valence-electron chi connectivity index (χ2n) is 8.49. The number of fused-ring (bicyclic) bond motifs is 1. The van der Waals surface area contributed by atoms with Gasteiger partial charge in [-0.3, -0.25) is 0 Å². The molecule has 3 atom stereocenters. The van der Waals surface area contributed by atoms with Crippen LogP contribution in [0.4, 0.5) is 0 Å². The summed E-state index contributed by atoms with van der Waals surface area (Å²) in [5.74, 6) is 1.11. The Kier molecular flexibility index (Phi) is 4.35. The number of ether oxygens (including phenoxy) is 1. The van der Waals surface area contributed by atoms with Crippen molar-refractivity contribution in [1.29, 1.82) is 0 Å². The normalized spacial score (nSPS) is 25.5. The topological polar surface area (TPSA) is 49.7 Å². The average molecular weight is 306 g/mol. The molecule has 0 radical (unpaired) electrons. The van der Waals surface area contributed by atoms with Gasteiger partial charge in [-0.2, -0.15) is 0 Å². The van der Waals surface area contributed by atoms with E-state index in [9.17, 15) is 10.2 Å². The molecule has 1 aliphatic rings. The summed E-state index contributed by atoms with van der Waals surface area (Å²) in [6, 6.07) is 5.87. The molecule has 3 nitrogen and oxygen atoms in total. The lowest BCUT2D eigenvalue weighted by Crippen LogP contribution is -2.50. The SMILES string of the molecule is CC(C)[C@H]1c2cc(C(O)C(C)(C)C)ccc2OC(C)(C)[C@@H]1O. The molecule has 2 N–H and O–H groups in total. The summed E-state index contributed by atoms with van der Waals surface area (Å²) in [7, 11) is 0. The van der Waals surface area contributed by atoms with Gasteiger partial charge in [0.2, 0.25) is 0 Å². The molecule has 0 spiro atoms. The smallest absolute Gasteiger partial charge is 0.130 e. The van der Waals surface area contributed by atoms with Crippen LogP contribution >= 0.6 is 0 Å². The summed E-state index contributed by atoms with van der Waals surface area (Å²) >= 11 is 0. The maximum absolute atomic E-state index is 10.7. The zero-order valence-electron chi connectivity index (χ0n) is 14.8. The molecule has 1 aliphatic heterocycles. The Hall–Kier alpha value is -1.06. The predicted molar refractivity (Wildman–Crippen MR) is 89.1 cm³/mol. The second-order valence-corrected chi connectivity index (χ2v) is 8.49. The number of benzene rings is 1. The van der Waals surface area contributed by atoms with Gasteiger partial charge >= 0.3 is 0 Å². The predicted octanol–water partition coefficient (Wildman–Crippen LogP) is 4.04. The van der Waals surface area contributed by atoms with Gasteiger partial charge in [0.15, 0.2) is 0 Å². The zero-order chi connectivity index (χ0) is 16.9. The Bertz CT molecular complexity index is 540. The highest BCUT2D eigenvalue weighted by Crippen LogP contribution is 2.46. The van der Waals surface area contributed by atoms with Crippen molar-refractivity contribution in [2.24, 2.45) is 11.3 Å². The highest BCUT2D eigenvalue weighted by molar-refractivity contribution is 5.44. The number of aliphatic hydroxyl groups excluding tert-OH is 2. The first-order valence-electron chi connectivity index (χ1n) is 8.14. The van der Waals surface area contributed by atoms with Crippen molar-refractivity contribution in [1.82, 2.24) is 0 Å². The number of aliphatic hydroxyl groups is 2. The molecular formula is C19H30O3. The Morgan fingerprint density at radius 1 is 1.18 bits per heavy atom. The van der Waals surface area contributed by atoms with Crippen molar-refractivity contribution in [2.75, 3.05) is 0 Å². The fraction of sp³-hybridized carbons (Fsp3) is 0.684. The van der Waals surface area contributed by atoms with E-state index < -0.39 is 17.8 Å². The molecule has 2 rings (SSSR count). The largest absolute Gasteiger partial charge is 0.485 e. The van der Waals surface area contributed by atoms with Gasteiger partial charge in [0.05, 0.1) is 6.10 Å². The summed E-state index contributed by atoms with van der Waals surface area (Å²) in [4.78, 5) is 0. The van der Waals surface area contributed by atoms with Crippen molar-refractivity contribution in [3.8, 4) is 5.75 Å². The molecule has 0 amide bonds. The van der Waals surface area contributed by atoms with Crippen molar-refractivity contribution in [3.05, 3.63) is 29.3 Å². The minimum atomic E-state index is -0.605. The molecule has 1 aromatic carbocycles. The van der Waals surface area contributed by atoms with Crippen LogP contribution < -0.4 is 4.74 Å². The van der Waals surface area contributed by atoms with Crippen LogP contribution in [-0.2, 0) is 0 Å². The Morgan fingerprint density at radius 2 is 1.77 bits per heavy atom. The highest BCUT2D eigenvalue weighted by Gasteiger charge is 2.44. The van der Waals surface area contributed by atoms with E-state index in [1.807, 2.05) is 52.8 Å². The standard InChI is InChI=1S/C19H30O3/c1-11(2)15-13-10-12(16(20)18(3,4)5)8-9-14(13)22-19(6,7)17(15)21/h8-11,15-17,20-21H,1-7H3/t15-,16?,17+/m0/s1. The quantitative estimate of drug-likeness (QED) is 0.867. The molecule has 0 saturated heterocycles. The van der Waals surface area contributed by atoms with E-state index in [2.05, 4.69) is 13.8 Å². The second kappa shape index (κ2) is 5.54. The van der Waals surface area contributed by atoms with Crippen LogP contribution in [0.3, 0.4) is 0 Å². The zero-order valence-corrected chi connectivity index (χ0v) is 14.8. The number of rotatable bonds is 2. The van der Waals surface area contributed by atoms with E-state index in [-0.39, 0.29) is 11.3 Å². The van der Waals surface area contributed by atoms with Crippen LogP contribution in [0.2, 0.25) is 0 Å². The van der Waals surface area contributed by atoms with Gasteiger partial charge in [0, 0.05) is 11.5 Å². The van der Waals surface area contributed by atoms with Gasteiger partial charge < -0.3 is 14.9 Å².